The van der Waals surface area contributed by atoms with Gasteiger partial charge in [0, 0.05) is 24.2 Å². The molecule has 0 fully saturated rings. The minimum absolute atomic E-state index is 0.0627. The lowest BCUT2D eigenvalue weighted by molar-refractivity contribution is 0.107. The van der Waals surface area contributed by atoms with Crippen molar-refractivity contribution < 1.29 is 13.2 Å². The first kappa shape index (κ1) is 17.0. The molecule has 2 rings (SSSR count). The SMILES string of the molecule is CO[C@@H](CNS(=O)(=O)Cc1ccccc1)c1ccccc1Cl. The van der Waals surface area contributed by atoms with Crippen LogP contribution >= 0.6 is 11.6 Å². The van der Waals surface area contributed by atoms with Crippen LogP contribution in [0.1, 0.15) is 17.2 Å². The summed E-state index contributed by atoms with van der Waals surface area (Å²) >= 11 is 6.12. The predicted molar refractivity (Wildman–Crippen MR) is 88.3 cm³/mol. The topological polar surface area (TPSA) is 55.4 Å². The smallest absolute Gasteiger partial charge is 0.215 e. The highest BCUT2D eigenvalue weighted by atomic mass is 35.5. The molecule has 1 atom stereocenters. The summed E-state index contributed by atoms with van der Waals surface area (Å²) in [5.74, 6) is -0.0627. The maximum Gasteiger partial charge on any atom is 0.215 e. The monoisotopic (exact) mass is 339 g/mol. The van der Waals surface area contributed by atoms with Crippen molar-refractivity contribution in [3.05, 3.63) is 70.7 Å². The quantitative estimate of drug-likeness (QED) is 0.843. The number of hydrogen-bond acceptors (Lipinski definition) is 3. The third kappa shape index (κ3) is 4.81. The van der Waals surface area contributed by atoms with Gasteiger partial charge >= 0.3 is 0 Å². The fraction of sp³-hybridized carbons (Fsp3) is 0.250. The van der Waals surface area contributed by atoms with E-state index in [0.717, 1.165) is 11.1 Å². The summed E-state index contributed by atoms with van der Waals surface area (Å²) in [5.41, 5.74) is 1.50. The molecule has 0 unspecified atom stereocenters. The summed E-state index contributed by atoms with van der Waals surface area (Å²) in [6, 6.07) is 16.3. The van der Waals surface area contributed by atoms with Crippen molar-refractivity contribution in [3.63, 3.8) is 0 Å². The van der Waals surface area contributed by atoms with E-state index in [-0.39, 0.29) is 12.3 Å². The van der Waals surface area contributed by atoms with E-state index in [9.17, 15) is 8.42 Å². The highest BCUT2D eigenvalue weighted by Gasteiger charge is 2.18. The van der Waals surface area contributed by atoms with E-state index >= 15 is 0 Å². The average Bonchev–Trinajstić information content (AvgIpc) is 2.50. The summed E-state index contributed by atoms with van der Waals surface area (Å²) in [7, 11) is -1.91. The molecule has 0 aliphatic heterocycles. The normalized spacial score (nSPS) is 13.0. The van der Waals surface area contributed by atoms with Crippen LogP contribution in [0.15, 0.2) is 54.6 Å². The molecule has 0 amide bonds. The molecule has 118 valence electrons. The Kier molecular flexibility index (Phi) is 5.97. The van der Waals surface area contributed by atoms with Crippen LogP contribution in [0.2, 0.25) is 5.02 Å². The van der Waals surface area contributed by atoms with E-state index in [0.29, 0.717) is 5.02 Å². The zero-order valence-electron chi connectivity index (χ0n) is 12.2. The zero-order chi connectivity index (χ0) is 16.0. The maximum absolute atomic E-state index is 12.1. The molecule has 0 aliphatic carbocycles. The van der Waals surface area contributed by atoms with E-state index in [2.05, 4.69) is 4.72 Å². The summed E-state index contributed by atoms with van der Waals surface area (Å²) in [5, 5.41) is 0.552. The molecule has 0 aliphatic rings. The molecule has 4 nitrogen and oxygen atoms in total. The third-order valence-corrected chi connectivity index (χ3v) is 4.89. The van der Waals surface area contributed by atoms with Crippen molar-refractivity contribution in [2.75, 3.05) is 13.7 Å². The number of ether oxygens (including phenoxy) is 1. The Morgan fingerprint density at radius 2 is 1.73 bits per heavy atom. The molecule has 0 aromatic heterocycles. The molecule has 1 N–H and O–H groups in total. The molecule has 0 bridgehead atoms. The molecule has 0 heterocycles. The molecule has 2 aromatic carbocycles. The number of benzene rings is 2. The number of methoxy groups -OCH3 is 1. The van der Waals surface area contributed by atoms with Crippen LogP contribution in [0.4, 0.5) is 0 Å². The Balaban J connectivity index is 2.02. The van der Waals surface area contributed by atoms with Gasteiger partial charge in [-0.05, 0) is 11.6 Å². The molecular weight excluding hydrogens is 322 g/mol. The van der Waals surface area contributed by atoms with Crippen LogP contribution in [-0.2, 0) is 20.5 Å². The van der Waals surface area contributed by atoms with Gasteiger partial charge in [-0.2, -0.15) is 0 Å². The van der Waals surface area contributed by atoms with E-state index in [1.54, 1.807) is 18.2 Å². The molecule has 22 heavy (non-hydrogen) atoms. The van der Waals surface area contributed by atoms with E-state index in [1.807, 2.05) is 36.4 Å². The van der Waals surface area contributed by atoms with Crippen molar-refractivity contribution in [2.24, 2.45) is 0 Å². The number of sulfonamides is 1. The van der Waals surface area contributed by atoms with Crippen LogP contribution in [0.5, 0.6) is 0 Å². The highest BCUT2D eigenvalue weighted by Crippen LogP contribution is 2.24. The lowest BCUT2D eigenvalue weighted by atomic mass is 10.1. The van der Waals surface area contributed by atoms with Gasteiger partial charge in [0.15, 0.2) is 0 Å². The van der Waals surface area contributed by atoms with Gasteiger partial charge in [0.1, 0.15) is 0 Å². The third-order valence-electron chi connectivity index (χ3n) is 3.22. The van der Waals surface area contributed by atoms with Crippen molar-refractivity contribution in [2.45, 2.75) is 11.9 Å². The minimum Gasteiger partial charge on any atom is -0.375 e. The van der Waals surface area contributed by atoms with Crippen LogP contribution in [-0.4, -0.2) is 22.1 Å². The summed E-state index contributed by atoms with van der Waals surface area (Å²) in [6.45, 7) is 0.134. The molecule has 2 aromatic rings. The number of hydrogen-bond donors (Lipinski definition) is 1. The number of rotatable bonds is 7. The Morgan fingerprint density at radius 1 is 1.09 bits per heavy atom. The second-order valence-corrected chi connectivity index (χ2v) is 7.05. The fourth-order valence-corrected chi connectivity index (χ4v) is 3.50. The molecule has 0 saturated carbocycles. The van der Waals surface area contributed by atoms with Gasteiger partial charge in [0.05, 0.1) is 11.9 Å². The molecule has 6 heteroatoms. The van der Waals surface area contributed by atoms with Crippen molar-refractivity contribution >= 4 is 21.6 Å². The Hall–Kier alpha value is -1.40. The first-order valence-corrected chi connectivity index (χ1v) is 8.83. The van der Waals surface area contributed by atoms with E-state index in [4.69, 9.17) is 16.3 Å². The van der Waals surface area contributed by atoms with Crippen LogP contribution in [0.25, 0.3) is 0 Å². The Morgan fingerprint density at radius 3 is 2.36 bits per heavy atom. The number of nitrogens with one attached hydrogen (secondary N) is 1. The van der Waals surface area contributed by atoms with Gasteiger partial charge in [-0.15, -0.1) is 0 Å². The second-order valence-electron chi connectivity index (χ2n) is 4.84. The summed E-state index contributed by atoms with van der Waals surface area (Å²) in [6.07, 6.45) is -0.431. The van der Waals surface area contributed by atoms with Gasteiger partial charge in [-0.1, -0.05) is 60.1 Å². The Labute approximate surface area is 136 Å². The van der Waals surface area contributed by atoms with Gasteiger partial charge in [-0.25, -0.2) is 13.1 Å². The average molecular weight is 340 g/mol. The minimum atomic E-state index is -3.43. The van der Waals surface area contributed by atoms with Crippen LogP contribution in [0, 0.1) is 0 Å². The van der Waals surface area contributed by atoms with Crippen molar-refractivity contribution in [1.82, 2.24) is 4.72 Å². The van der Waals surface area contributed by atoms with E-state index < -0.39 is 16.1 Å². The van der Waals surface area contributed by atoms with Gasteiger partial charge in [0.25, 0.3) is 0 Å². The van der Waals surface area contributed by atoms with Gasteiger partial charge in [-0.3, -0.25) is 0 Å². The van der Waals surface area contributed by atoms with Crippen LogP contribution < -0.4 is 4.72 Å². The number of halogens is 1. The van der Waals surface area contributed by atoms with Gasteiger partial charge in [0.2, 0.25) is 10.0 Å². The maximum atomic E-state index is 12.1. The first-order chi connectivity index (χ1) is 10.5. The predicted octanol–water partition coefficient (Wildman–Crippen LogP) is 3.15. The van der Waals surface area contributed by atoms with Crippen LogP contribution in [0.3, 0.4) is 0 Å². The zero-order valence-corrected chi connectivity index (χ0v) is 13.8. The highest BCUT2D eigenvalue weighted by molar-refractivity contribution is 7.88. The molecule has 0 spiro atoms. The Bertz CT molecular complexity index is 704. The summed E-state index contributed by atoms with van der Waals surface area (Å²) in [4.78, 5) is 0. The second kappa shape index (κ2) is 7.74. The van der Waals surface area contributed by atoms with Crippen molar-refractivity contribution in [3.8, 4) is 0 Å². The summed E-state index contributed by atoms with van der Waals surface area (Å²) < 4.78 is 32.2. The lowest BCUT2D eigenvalue weighted by Crippen LogP contribution is -2.30. The van der Waals surface area contributed by atoms with E-state index in [1.165, 1.54) is 7.11 Å². The molecular formula is C16H18ClNO3S. The standard InChI is InChI=1S/C16H18ClNO3S/c1-21-16(14-9-5-6-10-15(14)17)11-18-22(19,20)12-13-7-3-2-4-8-13/h2-10,16,18H,11-12H2,1H3/t16-/m0/s1. The van der Waals surface area contributed by atoms with Gasteiger partial charge < -0.3 is 4.74 Å². The molecule has 0 saturated heterocycles. The van der Waals surface area contributed by atoms with Crippen molar-refractivity contribution in [1.29, 1.82) is 0 Å². The fourth-order valence-electron chi connectivity index (χ4n) is 2.10. The molecule has 0 radical (unpaired) electrons. The first-order valence-electron chi connectivity index (χ1n) is 6.80. The largest absolute Gasteiger partial charge is 0.375 e. The lowest BCUT2D eigenvalue weighted by Gasteiger charge is -2.17.